The number of oxazole rings is 1. The van der Waals surface area contributed by atoms with Gasteiger partial charge in [0.05, 0.1) is 11.2 Å². The molecule has 0 saturated heterocycles. The standard InChI is InChI=1S/C19H19ClN4O3S/c1-28(22,25)7-12-3-5-14(26-12)16(21)24-19-8-18(9-19,10-19)17-23-13-4-2-11(20)6-15(13)27-17/h2-6,22H,7-10H2,1H3,(H2,21,24). The van der Waals surface area contributed by atoms with Gasteiger partial charge in [0.1, 0.15) is 11.3 Å². The number of nitrogens with one attached hydrogen (secondary N) is 3. The molecule has 2 aromatic heterocycles. The van der Waals surface area contributed by atoms with E-state index in [0.717, 1.165) is 30.7 Å². The zero-order valence-electron chi connectivity index (χ0n) is 15.2. The summed E-state index contributed by atoms with van der Waals surface area (Å²) in [5, 5.41) is 12.2. The molecule has 0 aliphatic heterocycles. The summed E-state index contributed by atoms with van der Waals surface area (Å²) in [6.07, 6.45) is 3.93. The second kappa shape index (κ2) is 5.61. The predicted octanol–water partition coefficient (Wildman–Crippen LogP) is 4.04. The van der Waals surface area contributed by atoms with Crippen LogP contribution in [-0.4, -0.2) is 26.8 Å². The number of hydrogen-bond donors (Lipinski definition) is 3. The van der Waals surface area contributed by atoms with Crippen LogP contribution >= 0.6 is 11.6 Å². The van der Waals surface area contributed by atoms with Crippen molar-refractivity contribution in [2.24, 2.45) is 0 Å². The number of amidine groups is 1. The Balaban J connectivity index is 1.26. The summed E-state index contributed by atoms with van der Waals surface area (Å²) in [5.74, 6) is 1.86. The van der Waals surface area contributed by atoms with E-state index in [2.05, 4.69) is 10.3 Å². The van der Waals surface area contributed by atoms with Crippen LogP contribution in [-0.2, 0) is 20.9 Å². The van der Waals surface area contributed by atoms with E-state index in [-0.39, 0.29) is 22.5 Å². The number of nitrogens with zero attached hydrogens (tertiary/aromatic N) is 1. The van der Waals surface area contributed by atoms with Crippen molar-refractivity contribution in [2.75, 3.05) is 6.26 Å². The van der Waals surface area contributed by atoms with Gasteiger partial charge in [-0.25, -0.2) is 9.19 Å². The molecule has 3 saturated carbocycles. The summed E-state index contributed by atoms with van der Waals surface area (Å²) in [5.41, 5.74) is 1.32. The Labute approximate surface area is 166 Å². The molecular weight excluding hydrogens is 400 g/mol. The summed E-state index contributed by atoms with van der Waals surface area (Å²) < 4.78 is 30.6. The smallest absolute Gasteiger partial charge is 0.201 e. The number of aromatic nitrogens is 1. The highest BCUT2D eigenvalue weighted by atomic mass is 35.5. The molecule has 7 nitrogen and oxygen atoms in total. The molecule has 28 heavy (non-hydrogen) atoms. The van der Waals surface area contributed by atoms with E-state index >= 15 is 0 Å². The fourth-order valence-electron chi connectivity index (χ4n) is 4.46. The van der Waals surface area contributed by atoms with Crippen molar-refractivity contribution in [1.82, 2.24) is 10.3 Å². The van der Waals surface area contributed by atoms with Crippen molar-refractivity contribution in [3.8, 4) is 0 Å². The first-order chi connectivity index (χ1) is 13.2. The maximum absolute atomic E-state index is 11.6. The molecule has 0 radical (unpaired) electrons. The van der Waals surface area contributed by atoms with Crippen LogP contribution in [0.2, 0.25) is 5.02 Å². The molecule has 2 heterocycles. The zero-order valence-corrected chi connectivity index (χ0v) is 16.7. The van der Waals surface area contributed by atoms with E-state index in [4.69, 9.17) is 30.6 Å². The fraction of sp³-hybridized carbons (Fsp3) is 0.368. The molecule has 2 bridgehead atoms. The number of furan rings is 1. The summed E-state index contributed by atoms with van der Waals surface area (Å²) in [4.78, 5) is 4.62. The molecule has 1 aromatic carbocycles. The van der Waals surface area contributed by atoms with Crippen LogP contribution in [0.25, 0.3) is 11.1 Å². The molecule has 6 rings (SSSR count). The van der Waals surface area contributed by atoms with Crippen molar-refractivity contribution < 1.29 is 13.0 Å². The number of halogens is 1. The van der Waals surface area contributed by atoms with E-state index in [0.29, 0.717) is 22.1 Å². The molecule has 1 atom stereocenters. The normalized spacial score (nSPS) is 27.6. The van der Waals surface area contributed by atoms with Gasteiger partial charge in [-0.3, -0.25) is 10.2 Å². The van der Waals surface area contributed by atoms with Gasteiger partial charge in [-0.05, 0) is 43.5 Å². The maximum Gasteiger partial charge on any atom is 0.201 e. The average Bonchev–Trinajstić information content (AvgIpc) is 3.13. The van der Waals surface area contributed by atoms with Crippen LogP contribution in [0.3, 0.4) is 0 Å². The third-order valence-electron chi connectivity index (χ3n) is 5.55. The van der Waals surface area contributed by atoms with E-state index in [1.54, 1.807) is 24.3 Å². The maximum atomic E-state index is 11.6. The monoisotopic (exact) mass is 418 g/mol. The van der Waals surface area contributed by atoms with E-state index in [9.17, 15) is 4.21 Å². The average molecular weight is 419 g/mol. The van der Waals surface area contributed by atoms with Crippen LogP contribution in [0.5, 0.6) is 0 Å². The molecular formula is C19H19ClN4O3S. The second-order valence-electron chi connectivity index (χ2n) is 8.14. The lowest BCUT2D eigenvalue weighted by molar-refractivity contribution is -0.0906. The van der Waals surface area contributed by atoms with Gasteiger partial charge in [0.2, 0.25) is 5.89 Å². The summed E-state index contributed by atoms with van der Waals surface area (Å²) >= 11 is 6.02. The molecule has 1 unspecified atom stereocenters. The van der Waals surface area contributed by atoms with Gasteiger partial charge < -0.3 is 14.2 Å². The summed E-state index contributed by atoms with van der Waals surface area (Å²) in [7, 11) is -2.67. The van der Waals surface area contributed by atoms with Crippen molar-refractivity contribution >= 4 is 38.3 Å². The van der Waals surface area contributed by atoms with Crippen molar-refractivity contribution in [3.63, 3.8) is 0 Å². The van der Waals surface area contributed by atoms with E-state index in [1.807, 2.05) is 6.07 Å². The van der Waals surface area contributed by atoms with Crippen LogP contribution in [0.15, 0.2) is 39.2 Å². The topological polar surface area (TPSA) is 116 Å². The number of hydrogen-bond acceptors (Lipinski definition) is 6. The van der Waals surface area contributed by atoms with E-state index < -0.39 is 9.73 Å². The minimum absolute atomic E-state index is 0.0519. The Bertz CT molecular complexity index is 1210. The SMILES string of the molecule is CS(=N)(=O)Cc1ccc(C(=N)NC23CC(c4nc5ccc(Cl)cc5o4)(C2)C3)o1. The van der Waals surface area contributed by atoms with Gasteiger partial charge in [0.25, 0.3) is 0 Å². The van der Waals surface area contributed by atoms with Gasteiger partial charge in [0.15, 0.2) is 17.2 Å². The number of rotatable bonds is 5. The molecule has 3 aromatic rings. The van der Waals surface area contributed by atoms with Crippen molar-refractivity contribution in [3.05, 3.63) is 52.8 Å². The highest BCUT2D eigenvalue weighted by Gasteiger charge is 2.71. The number of benzene rings is 1. The third kappa shape index (κ3) is 2.82. The molecule has 0 spiro atoms. The highest BCUT2D eigenvalue weighted by Crippen LogP contribution is 2.67. The third-order valence-corrected chi connectivity index (χ3v) is 6.62. The Kier molecular flexibility index (Phi) is 3.56. The van der Waals surface area contributed by atoms with Gasteiger partial charge >= 0.3 is 0 Å². The van der Waals surface area contributed by atoms with Crippen molar-refractivity contribution in [2.45, 2.75) is 36.0 Å². The first-order valence-corrected chi connectivity index (χ1v) is 11.4. The zero-order chi connectivity index (χ0) is 19.7. The Morgan fingerprint density at radius 3 is 2.75 bits per heavy atom. The van der Waals surface area contributed by atoms with Crippen LogP contribution < -0.4 is 5.32 Å². The first kappa shape index (κ1) is 17.8. The van der Waals surface area contributed by atoms with Crippen LogP contribution in [0, 0.1) is 10.2 Å². The van der Waals surface area contributed by atoms with Gasteiger partial charge in [0, 0.05) is 32.6 Å². The first-order valence-electron chi connectivity index (χ1n) is 8.89. The lowest BCUT2D eigenvalue weighted by Crippen LogP contribution is -2.76. The van der Waals surface area contributed by atoms with Crippen molar-refractivity contribution in [1.29, 1.82) is 10.2 Å². The fourth-order valence-corrected chi connectivity index (χ4v) is 5.32. The highest BCUT2D eigenvalue weighted by molar-refractivity contribution is 7.90. The molecule has 0 amide bonds. The lowest BCUT2D eigenvalue weighted by Gasteiger charge is -2.69. The number of fused-ring (bicyclic) bond motifs is 1. The molecule has 3 fully saturated rings. The Morgan fingerprint density at radius 1 is 1.29 bits per heavy atom. The minimum atomic E-state index is -2.67. The van der Waals surface area contributed by atoms with Gasteiger partial charge in [-0.15, -0.1) is 0 Å². The quantitative estimate of drug-likeness (QED) is 0.427. The summed E-state index contributed by atoms with van der Waals surface area (Å²) in [6, 6.07) is 8.80. The lowest BCUT2D eigenvalue weighted by atomic mass is 9.39. The largest absolute Gasteiger partial charge is 0.457 e. The molecule has 3 aliphatic rings. The predicted molar refractivity (Wildman–Crippen MR) is 106 cm³/mol. The Morgan fingerprint density at radius 2 is 2.04 bits per heavy atom. The second-order valence-corrected chi connectivity index (χ2v) is 10.9. The van der Waals surface area contributed by atoms with Crippen LogP contribution in [0.1, 0.15) is 36.7 Å². The molecule has 3 N–H and O–H groups in total. The summed E-state index contributed by atoms with van der Waals surface area (Å²) in [6.45, 7) is 0. The van der Waals surface area contributed by atoms with Gasteiger partial charge in [-0.2, -0.15) is 0 Å². The minimum Gasteiger partial charge on any atom is -0.457 e. The Hall–Kier alpha value is -2.32. The molecule has 146 valence electrons. The van der Waals surface area contributed by atoms with Gasteiger partial charge in [-0.1, -0.05) is 11.6 Å². The molecule has 9 heteroatoms. The van der Waals surface area contributed by atoms with Crippen LogP contribution in [0.4, 0.5) is 0 Å². The molecule has 3 aliphatic carbocycles. The van der Waals surface area contributed by atoms with E-state index in [1.165, 1.54) is 6.26 Å².